The molecule has 0 aliphatic heterocycles. The van der Waals surface area contributed by atoms with E-state index in [4.69, 9.17) is 5.53 Å². The molecule has 23 heavy (non-hydrogen) atoms. The largest absolute Gasteiger partial charge is 0.294 e. The third-order valence-corrected chi connectivity index (χ3v) is 4.52. The number of ketones is 1. The van der Waals surface area contributed by atoms with E-state index in [0.29, 0.717) is 36.8 Å². The van der Waals surface area contributed by atoms with Crippen LogP contribution in [-0.4, -0.2) is 17.3 Å². The molecule has 0 spiro atoms. The van der Waals surface area contributed by atoms with Crippen molar-refractivity contribution in [3.63, 3.8) is 0 Å². The Bertz CT molecular complexity index is 707. The topological polar surface area (TPSA) is 109 Å². The predicted octanol–water partition coefficient (Wildman–Crippen LogP) is 4.44. The lowest BCUT2D eigenvalue weighted by atomic mass is 9.68. The fourth-order valence-electron chi connectivity index (χ4n) is 3.14. The van der Waals surface area contributed by atoms with Gasteiger partial charge in [0.1, 0.15) is 0 Å². The van der Waals surface area contributed by atoms with Crippen LogP contribution in [0.25, 0.3) is 16.0 Å². The number of nitro benzene ring substituents is 1. The van der Waals surface area contributed by atoms with Crippen molar-refractivity contribution in [3.05, 3.63) is 56.5 Å². The number of hydrogen-bond donors (Lipinski definition) is 0. The third-order valence-electron chi connectivity index (χ3n) is 4.52. The molecule has 0 saturated carbocycles. The van der Waals surface area contributed by atoms with E-state index in [1.807, 2.05) is 6.92 Å². The minimum atomic E-state index is -0.609. The van der Waals surface area contributed by atoms with Crippen LogP contribution in [0.1, 0.15) is 38.2 Å². The van der Waals surface area contributed by atoms with E-state index in [1.165, 1.54) is 6.07 Å². The second-order valence-corrected chi connectivity index (χ2v) is 5.60. The number of carbonyl (C=O) groups excluding carboxylic acids is 1. The van der Waals surface area contributed by atoms with E-state index in [1.54, 1.807) is 24.3 Å². The standard InChI is InChI=1S/C16H18N4O3/c1-2-16(10-11-18-19-17)9-5-7-13(15(16)21)12-6-3-4-8-14(12)20(22)23/h3-4,6-8H,2,5,9-11H2,1H3/t16-/m0/s1. The number of Topliss-reactive ketones (excluding diaryl/α,β-unsaturated/α-hetero) is 1. The molecule has 0 N–H and O–H groups in total. The van der Waals surface area contributed by atoms with Crippen LogP contribution in [0.2, 0.25) is 0 Å². The average Bonchev–Trinajstić information content (AvgIpc) is 2.57. The first kappa shape index (κ1) is 16.7. The molecule has 0 saturated heterocycles. The summed E-state index contributed by atoms with van der Waals surface area (Å²) in [6.45, 7) is 2.18. The highest BCUT2D eigenvalue weighted by atomic mass is 16.6. The molecular weight excluding hydrogens is 296 g/mol. The monoisotopic (exact) mass is 314 g/mol. The molecular formula is C16H18N4O3. The molecule has 1 aromatic rings. The maximum absolute atomic E-state index is 13.0. The van der Waals surface area contributed by atoms with Gasteiger partial charge in [0, 0.05) is 28.5 Å². The average molecular weight is 314 g/mol. The van der Waals surface area contributed by atoms with Crippen molar-refractivity contribution in [3.8, 4) is 0 Å². The van der Waals surface area contributed by atoms with Crippen LogP contribution in [0.3, 0.4) is 0 Å². The highest BCUT2D eigenvalue weighted by Gasteiger charge is 2.40. The van der Waals surface area contributed by atoms with Crippen molar-refractivity contribution in [2.75, 3.05) is 6.54 Å². The summed E-state index contributed by atoms with van der Waals surface area (Å²) >= 11 is 0. The lowest BCUT2D eigenvalue weighted by Gasteiger charge is -2.34. The number of nitrogens with zero attached hydrogens (tertiary/aromatic N) is 4. The summed E-state index contributed by atoms with van der Waals surface area (Å²) < 4.78 is 0. The van der Waals surface area contributed by atoms with Gasteiger partial charge in [0.15, 0.2) is 5.78 Å². The first-order valence-corrected chi connectivity index (χ1v) is 7.55. The summed E-state index contributed by atoms with van der Waals surface area (Å²) in [5.74, 6) is -0.0892. The van der Waals surface area contributed by atoms with Crippen molar-refractivity contribution in [1.29, 1.82) is 0 Å². The minimum Gasteiger partial charge on any atom is -0.294 e. The summed E-state index contributed by atoms with van der Waals surface area (Å²) in [6.07, 6.45) is 4.21. The van der Waals surface area contributed by atoms with Gasteiger partial charge in [-0.15, -0.1) is 0 Å². The zero-order valence-corrected chi connectivity index (χ0v) is 12.9. The summed E-state index contributed by atoms with van der Waals surface area (Å²) in [7, 11) is 0. The molecule has 7 heteroatoms. The van der Waals surface area contributed by atoms with Crippen LogP contribution in [0.5, 0.6) is 0 Å². The Morgan fingerprint density at radius 1 is 1.43 bits per heavy atom. The fraction of sp³-hybridized carbons (Fsp3) is 0.438. The Balaban J connectivity index is 2.41. The van der Waals surface area contributed by atoms with Crippen molar-refractivity contribution in [2.24, 2.45) is 10.5 Å². The third kappa shape index (κ3) is 3.24. The van der Waals surface area contributed by atoms with Crippen LogP contribution in [0.4, 0.5) is 5.69 Å². The van der Waals surface area contributed by atoms with Gasteiger partial charge in [-0.05, 0) is 37.3 Å². The van der Waals surface area contributed by atoms with Crippen LogP contribution in [0, 0.1) is 15.5 Å². The number of rotatable bonds is 6. The maximum atomic E-state index is 13.0. The van der Waals surface area contributed by atoms with Gasteiger partial charge in [-0.3, -0.25) is 14.9 Å². The van der Waals surface area contributed by atoms with Gasteiger partial charge in [0.05, 0.1) is 10.5 Å². The summed E-state index contributed by atoms with van der Waals surface area (Å²) in [5, 5.41) is 14.8. The van der Waals surface area contributed by atoms with Gasteiger partial charge in [-0.2, -0.15) is 0 Å². The SMILES string of the molecule is CC[C@@]1(CCN=[N+]=[N-])CCC=C(c2ccccc2[N+](=O)[O-])C1=O. The van der Waals surface area contributed by atoms with Gasteiger partial charge in [-0.25, -0.2) is 0 Å². The number of para-hydroxylation sites is 1. The highest BCUT2D eigenvalue weighted by molar-refractivity contribution is 6.24. The molecule has 0 bridgehead atoms. The van der Waals surface area contributed by atoms with E-state index in [0.717, 1.165) is 0 Å². The maximum Gasteiger partial charge on any atom is 0.277 e. The molecule has 1 atom stereocenters. The first-order valence-electron chi connectivity index (χ1n) is 7.55. The van der Waals surface area contributed by atoms with Crippen LogP contribution in [-0.2, 0) is 4.79 Å². The number of azide groups is 1. The molecule has 0 heterocycles. The molecule has 0 aromatic heterocycles. The molecule has 0 amide bonds. The van der Waals surface area contributed by atoms with E-state index in [-0.39, 0.29) is 18.0 Å². The normalized spacial score (nSPS) is 20.6. The fourth-order valence-corrected chi connectivity index (χ4v) is 3.14. The Kier molecular flexibility index (Phi) is 5.13. The lowest BCUT2D eigenvalue weighted by molar-refractivity contribution is -0.385. The molecule has 0 unspecified atom stereocenters. The minimum absolute atomic E-state index is 0.0611. The number of carbonyl (C=O) groups is 1. The Morgan fingerprint density at radius 2 is 2.17 bits per heavy atom. The number of allylic oxidation sites excluding steroid dienone is 2. The van der Waals surface area contributed by atoms with Crippen molar-refractivity contribution < 1.29 is 9.72 Å². The highest BCUT2D eigenvalue weighted by Crippen LogP contribution is 2.43. The quantitative estimate of drug-likeness (QED) is 0.254. The van der Waals surface area contributed by atoms with Gasteiger partial charge in [-0.1, -0.05) is 30.2 Å². The van der Waals surface area contributed by atoms with Gasteiger partial charge in [0.2, 0.25) is 0 Å². The molecule has 2 rings (SSSR count). The van der Waals surface area contributed by atoms with E-state index < -0.39 is 10.3 Å². The molecule has 1 aliphatic rings. The Hall–Kier alpha value is -2.66. The zero-order valence-electron chi connectivity index (χ0n) is 12.9. The Labute approximate surface area is 133 Å². The summed E-state index contributed by atoms with van der Waals surface area (Å²) in [4.78, 5) is 26.5. The van der Waals surface area contributed by atoms with Crippen molar-refractivity contribution in [1.82, 2.24) is 0 Å². The van der Waals surface area contributed by atoms with Crippen molar-refractivity contribution in [2.45, 2.75) is 32.6 Å². The molecule has 7 nitrogen and oxygen atoms in total. The van der Waals surface area contributed by atoms with E-state index in [9.17, 15) is 14.9 Å². The van der Waals surface area contributed by atoms with E-state index in [2.05, 4.69) is 10.0 Å². The van der Waals surface area contributed by atoms with Crippen LogP contribution in [0.15, 0.2) is 35.5 Å². The number of hydrogen-bond acceptors (Lipinski definition) is 4. The Morgan fingerprint density at radius 3 is 2.83 bits per heavy atom. The summed E-state index contributed by atoms with van der Waals surface area (Å²) in [5.41, 5.74) is 8.54. The van der Waals surface area contributed by atoms with Crippen LogP contribution >= 0.6 is 0 Å². The number of nitro groups is 1. The molecule has 120 valence electrons. The van der Waals surface area contributed by atoms with Crippen molar-refractivity contribution >= 4 is 17.0 Å². The van der Waals surface area contributed by atoms with Gasteiger partial charge in [0.25, 0.3) is 5.69 Å². The first-order chi connectivity index (χ1) is 11.1. The van der Waals surface area contributed by atoms with Crippen LogP contribution < -0.4 is 0 Å². The molecule has 1 aliphatic carbocycles. The lowest BCUT2D eigenvalue weighted by Crippen LogP contribution is -2.34. The second-order valence-electron chi connectivity index (χ2n) is 5.60. The van der Waals surface area contributed by atoms with E-state index >= 15 is 0 Å². The molecule has 1 aromatic carbocycles. The second kappa shape index (κ2) is 7.07. The molecule has 0 radical (unpaired) electrons. The smallest absolute Gasteiger partial charge is 0.277 e. The molecule has 0 fully saturated rings. The summed E-state index contributed by atoms with van der Waals surface area (Å²) in [6, 6.07) is 6.30. The van der Waals surface area contributed by atoms with Gasteiger partial charge < -0.3 is 0 Å². The number of benzene rings is 1. The van der Waals surface area contributed by atoms with Gasteiger partial charge >= 0.3 is 0 Å². The zero-order chi connectivity index (χ0) is 16.9. The predicted molar refractivity (Wildman–Crippen MR) is 86.7 cm³/mol.